The molecule has 0 atom stereocenters. The molecule has 3 N–H and O–H groups in total. The summed E-state index contributed by atoms with van der Waals surface area (Å²) in [5, 5.41) is 21.4. The van der Waals surface area contributed by atoms with Gasteiger partial charge in [-0.15, -0.1) is 0 Å². The smallest absolute Gasteiger partial charge is 0.490 e. The first-order valence-corrected chi connectivity index (χ1v) is 13.4. The molecule has 0 saturated carbocycles. The van der Waals surface area contributed by atoms with Gasteiger partial charge in [0.25, 0.3) is 0 Å². The number of carbonyl (C=O) groups is 3. The minimum absolute atomic E-state index is 0.535. The number of nitrogens with zero attached hydrogens (tertiary/aromatic N) is 3. The Labute approximate surface area is 262 Å². The van der Waals surface area contributed by atoms with Crippen molar-refractivity contribution in [2.45, 2.75) is 50.9 Å². The molecule has 0 bridgehead atoms. The second kappa shape index (κ2) is 17.7. The van der Waals surface area contributed by atoms with Crippen LogP contribution in [-0.4, -0.2) is 99.8 Å². The Morgan fingerprint density at radius 1 is 0.723 bits per heavy atom. The molecule has 10 nitrogen and oxygen atoms in total. The van der Waals surface area contributed by atoms with E-state index in [0.29, 0.717) is 5.41 Å². The number of aromatic nitrogens is 1. The van der Waals surface area contributed by atoms with Crippen LogP contribution >= 0.6 is 0 Å². The van der Waals surface area contributed by atoms with E-state index in [1.54, 1.807) is 7.11 Å². The highest BCUT2D eigenvalue weighted by Crippen LogP contribution is 2.41. The number of piperidine rings is 1. The molecule has 47 heavy (non-hydrogen) atoms. The Morgan fingerprint density at radius 2 is 1.13 bits per heavy atom. The fourth-order valence-corrected chi connectivity index (χ4v) is 4.53. The molecule has 2 aromatic rings. The van der Waals surface area contributed by atoms with E-state index < -0.39 is 36.4 Å². The fraction of sp³-hybridized carbons (Fsp3) is 0.500. The molecular formula is C28H32F9N3O7. The van der Waals surface area contributed by atoms with Crippen LogP contribution < -0.4 is 4.74 Å². The van der Waals surface area contributed by atoms with Crippen LogP contribution in [0, 0.1) is 5.41 Å². The highest BCUT2D eigenvalue weighted by molar-refractivity contribution is 5.73. The lowest BCUT2D eigenvalue weighted by molar-refractivity contribution is -0.193. The van der Waals surface area contributed by atoms with E-state index in [-0.39, 0.29) is 0 Å². The number of hydrogen-bond donors (Lipinski definition) is 3. The zero-order valence-corrected chi connectivity index (χ0v) is 24.7. The van der Waals surface area contributed by atoms with Gasteiger partial charge in [-0.2, -0.15) is 39.5 Å². The van der Waals surface area contributed by atoms with Gasteiger partial charge in [0, 0.05) is 32.0 Å². The van der Waals surface area contributed by atoms with Crippen molar-refractivity contribution in [3.8, 4) is 5.75 Å². The highest BCUT2D eigenvalue weighted by Gasteiger charge is 2.41. The third-order valence-electron chi connectivity index (χ3n) is 6.86. The predicted molar refractivity (Wildman–Crippen MR) is 145 cm³/mol. The molecule has 264 valence electrons. The van der Waals surface area contributed by atoms with Crippen LogP contribution in [-0.2, 0) is 27.5 Å². The average molecular weight is 694 g/mol. The molecule has 2 aliphatic rings. The van der Waals surface area contributed by atoms with Crippen LogP contribution in [0.15, 0.2) is 48.8 Å². The molecule has 1 aromatic carbocycles. The summed E-state index contributed by atoms with van der Waals surface area (Å²) in [5.41, 5.74) is 3.27. The van der Waals surface area contributed by atoms with E-state index in [9.17, 15) is 39.5 Å². The molecule has 0 unspecified atom stereocenters. The summed E-state index contributed by atoms with van der Waals surface area (Å²) in [5.74, 6) is -7.31. The van der Waals surface area contributed by atoms with E-state index >= 15 is 0 Å². The van der Waals surface area contributed by atoms with Crippen LogP contribution in [0.25, 0.3) is 0 Å². The summed E-state index contributed by atoms with van der Waals surface area (Å²) in [4.78, 5) is 36.0. The maximum atomic E-state index is 10.6. The number of pyridine rings is 1. The third kappa shape index (κ3) is 15.8. The van der Waals surface area contributed by atoms with Gasteiger partial charge in [0.2, 0.25) is 0 Å². The minimum atomic E-state index is -5.08. The molecule has 2 saturated heterocycles. The van der Waals surface area contributed by atoms with Gasteiger partial charge in [-0.25, -0.2) is 14.4 Å². The Kier molecular flexibility index (Phi) is 15.4. The van der Waals surface area contributed by atoms with Crippen molar-refractivity contribution in [2.75, 3.05) is 33.3 Å². The van der Waals surface area contributed by atoms with Crippen molar-refractivity contribution in [2.24, 2.45) is 5.41 Å². The Hall–Kier alpha value is -4.13. The summed E-state index contributed by atoms with van der Waals surface area (Å²) in [6.07, 6.45) is -7.46. The topological polar surface area (TPSA) is 140 Å². The summed E-state index contributed by atoms with van der Waals surface area (Å²) in [7, 11) is 1.74. The summed E-state index contributed by atoms with van der Waals surface area (Å²) >= 11 is 0. The van der Waals surface area contributed by atoms with Gasteiger partial charge in [0.1, 0.15) is 5.75 Å². The molecule has 19 heteroatoms. The van der Waals surface area contributed by atoms with Crippen molar-refractivity contribution in [1.82, 2.24) is 14.8 Å². The zero-order valence-electron chi connectivity index (χ0n) is 24.7. The number of ether oxygens (including phenoxy) is 1. The van der Waals surface area contributed by atoms with Crippen molar-refractivity contribution >= 4 is 17.9 Å². The van der Waals surface area contributed by atoms with Crippen molar-refractivity contribution in [3.05, 3.63) is 59.9 Å². The SMILES string of the molecule is COc1cccc(CN2CCC3(CCN(Cc4ccncc4)CC3)C2)c1.O=C(O)C(F)(F)F.O=C(O)C(F)(F)F.O=C(O)C(F)(F)F. The predicted octanol–water partition coefficient (Wildman–Crippen LogP) is 5.48. The maximum absolute atomic E-state index is 10.6. The van der Waals surface area contributed by atoms with E-state index in [1.807, 2.05) is 18.5 Å². The van der Waals surface area contributed by atoms with Gasteiger partial charge in [-0.3, -0.25) is 14.8 Å². The van der Waals surface area contributed by atoms with Crippen LogP contribution in [0.1, 0.15) is 30.4 Å². The number of carboxylic acids is 3. The zero-order chi connectivity index (χ0) is 36.1. The Morgan fingerprint density at radius 3 is 1.53 bits per heavy atom. The normalized spacial score (nSPS) is 16.4. The second-order valence-electron chi connectivity index (χ2n) is 10.4. The number of halogens is 9. The number of aliphatic carboxylic acids is 3. The molecule has 1 aromatic heterocycles. The van der Waals surface area contributed by atoms with E-state index in [4.69, 9.17) is 34.4 Å². The highest BCUT2D eigenvalue weighted by atomic mass is 19.4. The third-order valence-corrected chi connectivity index (χ3v) is 6.86. The van der Waals surface area contributed by atoms with E-state index in [2.05, 4.69) is 45.1 Å². The van der Waals surface area contributed by atoms with Crippen LogP contribution in [0.2, 0.25) is 0 Å². The van der Waals surface area contributed by atoms with Gasteiger partial charge in [-0.05, 0) is 79.7 Å². The Bertz CT molecular complexity index is 1230. The van der Waals surface area contributed by atoms with Gasteiger partial charge < -0.3 is 20.1 Å². The molecule has 0 amide bonds. The van der Waals surface area contributed by atoms with Gasteiger partial charge >= 0.3 is 36.4 Å². The number of benzene rings is 1. The van der Waals surface area contributed by atoms with E-state index in [0.717, 1.165) is 18.8 Å². The molecule has 0 radical (unpaired) electrons. The number of carboxylic acid groups (broad SMARTS) is 3. The fourth-order valence-electron chi connectivity index (χ4n) is 4.53. The standard InChI is InChI=1S/C22H29N3O.3C2HF3O2/c1-26-21-4-2-3-20(15-21)17-25-14-9-22(18-25)7-12-24(13-8-22)16-19-5-10-23-11-6-19;3*3-2(4,5)1(6)7/h2-6,10-11,15H,7-9,12-14,16-18H2,1H3;3*(H,6,7). The van der Waals surface area contributed by atoms with Crippen LogP contribution in [0.4, 0.5) is 39.5 Å². The minimum Gasteiger partial charge on any atom is -0.497 e. The number of alkyl halides is 9. The first-order chi connectivity index (χ1) is 21.6. The number of hydrogen-bond acceptors (Lipinski definition) is 7. The molecule has 2 aliphatic heterocycles. The monoisotopic (exact) mass is 693 g/mol. The molecule has 2 fully saturated rings. The average Bonchev–Trinajstić information content (AvgIpc) is 3.36. The van der Waals surface area contributed by atoms with Gasteiger partial charge in [0.05, 0.1) is 7.11 Å². The number of likely N-dealkylation sites (tertiary alicyclic amines) is 2. The number of rotatable bonds is 5. The molecule has 3 heterocycles. The largest absolute Gasteiger partial charge is 0.497 e. The lowest BCUT2D eigenvalue weighted by atomic mass is 9.77. The molecular weight excluding hydrogens is 661 g/mol. The molecule has 4 rings (SSSR count). The first kappa shape index (κ1) is 40.9. The first-order valence-electron chi connectivity index (χ1n) is 13.4. The number of methoxy groups -OCH3 is 1. The van der Waals surface area contributed by atoms with Crippen LogP contribution in [0.3, 0.4) is 0 Å². The maximum Gasteiger partial charge on any atom is 0.490 e. The van der Waals surface area contributed by atoms with Crippen molar-refractivity contribution in [3.63, 3.8) is 0 Å². The van der Waals surface area contributed by atoms with Gasteiger partial charge in [0.15, 0.2) is 0 Å². The van der Waals surface area contributed by atoms with Crippen molar-refractivity contribution in [1.29, 1.82) is 0 Å². The quantitative estimate of drug-likeness (QED) is 0.345. The molecule has 1 spiro atoms. The van der Waals surface area contributed by atoms with Crippen LogP contribution in [0.5, 0.6) is 5.75 Å². The lowest BCUT2D eigenvalue weighted by Crippen LogP contribution is -2.41. The second-order valence-corrected chi connectivity index (χ2v) is 10.4. The summed E-state index contributed by atoms with van der Waals surface area (Å²) < 4.78 is 101. The summed E-state index contributed by atoms with van der Waals surface area (Å²) in [6.45, 7) is 7.01. The summed E-state index contributed by atoms with van der Waals surface area (Å²) in [6, 6.07) is 12.8. The van der Waals surface area contributed by atoms with Gasteiger partial charge in [-0.1, -0.05) is 12.1 Å². The lowest BCUT2D eigenvalue weighted by Gasteiger charge is -2.39. The molecule has 0 aliphatic carbocycles. The Balaban J connectivity index is 0.000000430. The van der Waals surface area contributed by atoms with E-state index in [1.165, 1.54) is 56.6 Å². The van der Waals surface area contributed by atoms with Crippen molar-refractivity contribution < 1.29 is 74.0 Å².